The zero-order chi connectivity index (χ0) is 16.2. The van der Waals surface area contributed by atoms with Crippen LogP contribution in [-0.4, -0.2) is 25.2 Å². The van der Waals surface area contributed by atoms with Gasteiger partial charge in [0, 0.05) is 6.92 Å². The van der Waals surface area contributed by atoms with Crippen LogP contribution in [0.5, 0.6) is 0 Å². The number of hydrogen-bond donors (Lipinski definition) is 0. The van der Waals surface area contributed by atoms with Crippen molar-refractivity contribution < 1.29 is 19.0 Å². The molecule has 4 rings (SSSR count). The van der Waals surface area contributed by atoms with Crippen molar-refractivity contribution in [3.63, 3.8) is 0 Å². The van der Waals surface area contributed by atoms with Crippen molar-refractivity contribution in [1.82, 2.24) is 0 Å². The molecule has 0 heterocycles. The SMILES string of the molecule is CCOC(C)(OCC)OC(=O)C1CC2CC1C1C3C=CC(C3)C21. The first-order chi connectivity index (χ1) is 11.1. The molecule has 0 amide bonds. The Morgan fingerprint density at radius 3 is 2.35 bits per heavy atom. The van der Waals surface area contributed by atoms with Gasteiger partial charge in [-0.2, -0.15) is 0 Å². The predicted octanol–water partition coefficient (Wildman–Crippen LogP) is 3.37. The molecule has 3 saturated carbocycles. The minimum absolute atomic E-state index is 0.0363. The highest BCUT2D eigenvalue weighted by Gasteiger charge is 2.62. The maximum atomic E-state index is 12.8. The van der Waals surface area contributed by atoms with Crippen LogP contribution in [0.1, 0.15) is 40.0 Å². The van der Waals surface area contributed by atoms with E-state index < -0.39 is 5.97 Å². The minimum Gasteiger partial charge on any atom is -0.408 e. The van der Waals surface area contributed by atoms with Gasteiger partial charge in [-0.3, -0.25) is 4.79 Å². The fourth-order valence-electron chi connectivity index (χ4n) is 6.17. The molecular formula is C19H28O4. The van der Waals surface area contributed by atoms with Gasteiger partial charge >= 0.3 is 11.9 Å². The Labute approximate surface area is 138 Å². The van der Waals surface area contributed by atoms with Gasteiger partial charge in [0.1, 0.15) is 0 Å². The van der Waals surface area contributed by atoms with E-state index in [4.69, 9.17) is 14.2 Å². The van der Waals surface area contributed by atoms with Gasteiger partial charge < -0.3 is 14.2 Å². The Morgan fingerprint density at radius 2 is 1.70 bits per heavy atom. The Bertz CT molecular complexity index is 507. The molecule has 3 fully saturated rings. The van der Waals surface area contributed by atoms with Crippen LogP contribution in [0, 0.1) is 41.4 Å². The Hall–Kier alpha value is -0.870. The molecule has 4 nitrogen and oxygen atoms in total. The van der Waals surface area contributed by atoms with E-state index in [2.05, 4.69) is 12.2 Å². The number of carbonyl (C=O) groups is 1. The van der Waals surface area contributed by atoms with Crippen molar-refractivity contribution in [3.8, 4) is 0 Å². The molecule has 4 aliphatic rings. The molecule has 0 saturated heterocycles. The molecule has 4 bridgehead atoms. The fourth-order valence-corrected chi connectivity index (χ4v) is 6.17. The first-order valence-electron chi connectivity index (χ1n) is 9.25. The molecular weight excluding hydrogens is 292 g/mol. The highest BCUT2D eigenvalue weighted by Crippen LogP contribution is 2.67. The van der Waals surface area contributed by atoms with Crippen LogP contribution in [0.4, 0.5) is 0 Å². The molecule has 7 unspecified atom stereocenters. The second-order valence-corrected chi connectivity index (χ2v) is 7.75. The molecule has 4 heteroatoms. The lowest BCUT2D eigenvalue weighted by molar-refractivity contribution is -0.351. The molecule has 0 aromatic carbocycles. The van der Waals surface area contributed by atoms with Crippen LogP contribution in [0.2, 0.25) is 0 Å². The van der Waals surface area contributed by atoms with Gasteiger partial charge in [-0.1, -0.05) is 12.2 Å². The predicted molar refractivity (Wildman–Crippen MR) is 85.2 cm³/mol. The van der Waals surface area contributed by atoms with Gasteiger partial charge in [-0.15, -0.1) is 0 Å². The summed E-state index contributed by atoms with van der Waals surface area (Å²) >= 11 is 0. The smallest absolute Gasteiger partial charge is 0.326 e. The molecule has 0 aromatic rings. The molecule has 0 N–H and O–H groups in total. The molecule has 128 valence electrons. The van der Waals surface area contributed by atoms with E-state index in [-0.39, 0.29) is 11.9 Å². The standard InChI is InChI=1S/C19H28O4/c1-4-21-19(3,22-5-2)23-18(20)15-10-13-9-14(15)17-12-7-6-11(8-12)16(13)17/h6-7,11-17H,4-5,8-10H2,1-3H3. The van der Waals surface area contributed by atoms with Crippen LogP contribution < -0.4 is 0 Å². The summed E-state index contributed by atoms with van der Waals surface area (Å²) in [6.45, 7) is 6.39. The summed E-state index contributed by atoms with van der Waals surface area (Å²) in [5, 5.41) is 0. The van der Waals surface area contributed by atoms with E-state index >= 15 is 0 Å². The number of rotatable bonds is 6. The first-order valence-corrected chi connectivity index (χ1v) is 9.25. The number of ether oxygens (including phenoxy) is 3. The Balaban J connectivity index is 1.45. The maximum absolute atomic E-state index is 12.8. The normalized spacial score (nSPS) is 43.2. The van der Waals surface area contributed by atoms with Gasteiger partial charge in [0.05, 0.1) is 19.1 Å². The number of hydrogen-bond acceptors (Lipinski definition) is 4. The summed E-state index contributed by atoms with van der Waals surface area (Å²) in [6.07, 6.45) is 8.36. The van der Waals surface area contributed by atoms with Gasteiger partial charge in [0.2, 0.25) is 0 Å². The highest BCUT2D eigenvalue weighted by molar-refractivity contribution is 5.74. The summed E-state index contributed by atoms with van der Waals surface area (Å²) < 4.78 is 16.8. The molecule has 7 atom stereocenters. The molecule has 4 aliphatic carbocycles. The van der Waals surface area contributed by atoms with Gasteiger partial charge in [0.25, 0.3) is 0 Å². The van der Waals surface area contributed by atoms with E-state index in [0.29, 0.717) is 36.9 Å². The first kappa shape index (κ1) is 15.6. The minimum atomic E-state index is -1.24. The summed E-state index contributed by atoms with van der Waals surface area (Å²) in [4.78, 5) is 12.8. The van der Waals surface area contributed by atoms with Crippen molar-refractivity contribution in [3.05, 3.63) is 12.2 Å². The van der Waals surface area contributed by atoms with E-state index in [1.807, 2.05) is 13.8 Å². The second kappa shape index (κ2) is 5.59. The quantitative estimate of drug-likeness (QED) is 0.326. The summed E-state index contributed by atoms with van der Waals surface area (Å²) in [5.41, 5.74) is 0. The van der Waals surface area contributed by atoms with E-state index in [1.54, 1.807) is 6.92 Å². The number of esters is 1. The summed E-state index contributed by atoms with van der Waals surface area (Å²) in [6, 6.07) is 0. The monoisotopic (exact) mass is 320 g/mol. The summed E-state index contributed by atoms with van der Waals surface area (Å²) in [5.74, 6) is 2.95. The van der Waals surface area contributed by atoms with E-state index in [1.165, 1.54) is 12.8 Å². The topological polar surface area (TPSA) is 44.8 Å². The van der Waals surface area contributed by atoms with Crippen LogP contribution in [0.3, 0.4) is 0 Å². The molecule has 0 aliphatic heterocycles. The van der Waals surface area contributed by atoms with Gasteiger partial charge in [0.15, 0.2) is 0 Å². The van der Waals surface area contributed by atoms with Crippen LogP contribution in [0.15, 0.2) is 12.2 Å². The Morgan fingerprint density at radius 1 is 1.04 bits per heavy atom. The van der Waals surface area contributed by atoms with Crippen molar-refractivity contribution in [2.75, 3.05) is 13.2 Å². The van der Waals surface area contributed by atoms with Crippen molar-refractivity contribution in [1.29, 1.82) is 0 Å². The third kappa shape index (κ3) is 2.37. The highest BCUT2D eigenvalue weighted by atomic mass is 16.9. The summed E-state index contributed by atoms with van der Waals surface area (Å²) in [7, 11) is 0. The van der Waals surface area contributed by atoms with E-state index in [9.17, 15) is 4.79 Å². The zero-order valence-electron chi connectivity index (χ0n) is 14.4. The van der Waals surface area contributed by atoms with Crippen LogP contribution in [0.25, 0.3) is 0 Å². The number of allylic oxidation sites excluding steroid dienone is 2. The van der Waals surface area contributed by atoms with Gasteiger partial charge in [-0.05, 0) is 68.6 Å². The zero-order valence-corrected chi connectivity index (χ0v) is 14.4. The van der Waals surface area contributed by atoms with Crippen molar-refractivity contribution in [2.24, 2.45) is 41.4 Å². The third-order valence-corrected chi connectivity index (χ3v) is 6.67. The third-order valence-electron chi connectivity index (χ3n) is 6.67. The molecule has 0 radical (unpaired) electrons. The van der Waals surface area contributed by atoms with E-state index in [0.717, 1.165) is 18.3 Å². The van der Waals surface area contributed by atoms with Crippen molar-refractivity contribution in [2.45, 2.75) is 46.0 Å². The molecule has 0 aromatic heterocycles. The largest absolute Gasteiger partial charge is 0.408 e. The van der Waals surface area contributed by atoms with Crippen LogP contribution in [-0.2, 0) is 19.0 Å². The molecule has 0 spiro atoms. The lowest BCUT2D eigenvalue weighted by Crippen LogP contribution is -2.42. The second-order valence-electron chi connectivity index (χ2n) is 7.75. The lowest BCUT2D eigenvalue weighted by atomic mass is 9.69. The number of fused-ring (bicyclic) bond motifs is 9. The number of carbonyl (C=O) groups excluding carboxylic acids is 1. The molecule has 23 heavy (non-hydrogen) atoms. The average Bonchev–Trinajstić information content (AvgIpc) is 3.25. The van der Waals surface area contributed by atoms with Gasteiger partial charge in [-0.25, -0.2) is 0 Å². The van der Waals surface area contributed by atoms with Crippen LogP contribution >= 0.6 is 0 Å². The maximum Gasteiger partial charge on any atom is 0.326 e. The average molecular weight is 320 g/mol. The fraction of sp³-hybridized carbons (Fsp3) is 0.842. The Kier molecular flexibility index (Phi) is 3.80. The lowest BCUT2D eigenvalue weighted by Gasteiger charge is -2.37. The van der Waals surface area contributed by atoms with Crippen molar-refractivity contribution >= 4 is 5.97 Å².